The number of nitrogens with zero attached hydrogens (tertiary/aromatic N) is 1. The largest absolute Gasteiger partial charge is 0.481 e. The van der Waals surface area contributed by atoms with Crippen molar-refractivity contribution in [2.24, 2.45) is 0 Å². The molecule has 0 saturated heterocycles. The van der Waals surface area contributed by atoms with Crippen molar-refractivity contribution in [2.75, 3.05) is 7.11 Å². The van der Waals surface area contributed by atoms with Gasteiger partial charge in [0.1, 0.15) is 0 Å². The highest BCUT2D eigenvalue weighted by molar-refractivity contribution is 5.32. The predicted molar refractivity (Wildman–Crippen MR) is 82.0 cm³/mol. The maximum absolute atomic E-state index is 5.14. The Hall–Kier alpha value is -1.87. The molecule has 1 unspecified atom stereocenters. The van der Waals surface area contributed by atoms with Gasteiger partial charge in [-0.3, -0.25) is 0 Å². The number of aromatic nitrogens is 1. The highest BCUT2D eigenvalue weighted by atomic mass is 16.5. The lowest BCUT2D eigenvalue weighted by molar-refractivity contribution is 0.397. The van der Waals surface area contributed by atoms with E-state index in [2.05, 4.69) is 49.3 Å². The number of nitrogens with one attached hydrogen (secondary N) is 1. The second-order valence-electron chi connectivity index (χ2n) is 5.17. The van der Waals surface area contributed by atoms with E-state index in [1.54, 1.807) is 13.3 Å². The second-order valence-corrected chi connectivity index (χ2v) is 5.17. The molecule has 1 atom stereocenters. The van der Waals surface area contributed by atoms with Gasteiger partial charge in [-0.25, -0.2) is 4.98 Å². The minimum absolute atomic E-state index is 0.315. The molecule has 1 heterocycles. The summed E-state index contributed by atoms with van der Waals surface area (Å²) < 4.78 is 5.14. The zero-order chi connectivity index (χ0) is 14.5. The lowest BCUT2D eigenvalue weighted by Gasteiger charge is -2.17. The zero-order valence-electron chi connectivity index (χ0n) is 12.6. The smallest absolute Gasteiger partial charge is 0.213 e. The number of ether oxygens (including phenoxy) is 1. The number of pyridine rings is 1. The molecule has 106 valence electrons. The molecule has 20 heavy (non-hydrogen) atoms. The van der Waals surface area contributed by atoms with Crippen molar-refractivity contribution in [3.63, 3.8) is 0 Å². The van der Waals surface area contributed by atoms with Crippen LogP contribution in [-0.4, -0.2) is 12.1 Å². The maximum atomic E-state index is 5.14. The zero-order valence-corrected chi connectivity index (χ0v) is 12.6. The van der Waals surface area contributed by atoms with E-state index in [4.69, 9.17) is 4.74 Å². The molecule has 0 fully saturated rings. The summed E-state index contributed by atoms with van der Waals surface area (Å²) in [5.41, 5.74) is 5.15. The first-order valence-corrected chi connectivity index (χ1v) is 6.89. The van der Waals surface area contributed by atoms with Gasteiger partial charge in [0.15, 0.2) is 0 Å². The summed E-state index contributed by atoms with van der Waals surface area (Å²) in [6, 6.07) is 10.9. The molecule has 2 rings (SSSR count). The van der Waals surface area contributed by atoms with Crippen LogP contribution in [0.4, 0.5) is 0 Å². The van der Waals surface area contributed by atoms with Crippen LogP contribution in [0.25, 0.3) is 0 Å². The van der Waals surface area contributed by atoms with Crippen LogP contribution in [0.15, 0.2) is 36.5 Å². The van der Waals surface area contributed by atoms with Crippen molar-refractivity contribution < 1.29 is 4.74 Å². The Bertz CT molecular complexity index is 581. The van der Waals surface area contributed by atoms with Gasteiger partial charge in [0, 0.05) is 24.8 Å². The molecule has 3 nitrogen and oxygen atoms in total. The fraction of sp³-hybridized carbons (Fsp3) is 0.353. The SMILES string of the molecule is COc1cc(CNC(C)c2ccc(C)cc2C)ccn1. The van der Waals surface area contributed by atoms with E-state index in [-0.39, 0.29) is 0 Å². The van der Waals surface area contributed by atoms with Crippen molar-refractivity contribution in [3.05, 3.63) is 58.8 Å². The van der Waals surface area contributed by atoms with Crippen molar-refractivity contribution in [2.45, 2.75) is 33.4 Å². The van der Waals surface area contributed by atoms with E-state index in [0.29, 0.717) is 11.9 Å². The highest BCUT2D eigenvalue weighted by Crippen LogP contribution is 2.19. The molecule has 0 aliphatic carbocycles. The average molecular weight is 270 g/mol. The highest BCUT2D eigenvalue weighted by Gasteiger charge is 2.08. The van der Waals surface area contributed by atoms with Gasteiger partial charge in [0.05, 0.1) is 7.11 Å². The van der Waals surface area contributed by atoms with Crippen LogP contribution in [0.2, 0.25) is 0 Å². The maximum Gasteiger partial charge on any atom is 0.213 e. The molecule has 0 bridgehead atoms. The van der Waals surface area contributed by atoms with Crippen LogP contribution >= 0.6 is 0 Å². The Kier molecular flexibility index (Phi) is 4.74. The Balaban J connectivity index is 2.02. The topological polar surface area (TPSA) is 34.1 Å². The number of hydrogen-bond donors (Lipinski definition) is 1. The van der Waals surface area contributed by atoms with Gasteiger partial charge in [-0.15, -0.1) is 0 Å². The minimum Gasteiger partial charge on any atom is -0.481 e. The number of hydrogen-bond acceptors (Lipinski definition) is 3. The Morgan fingerprint density at radius 3 is 2.70 bits per heavy atom. The Labute approximate surface area is 121 Å². The summed E-state index contributed by atoms with van der Waals surface area (Å²) in [5, 5.41) is 3.54. The molecule has 0 aliphatic heterocycles. The molecule has 1 aromatic carbocycles. The van der Waals surface area contributed by atoms with E-state index < -0.39 is 0 Å². The Morgan fingerprint density at radius 2 is 2.00 bits per heavy atom. The standard InChI is InChI=1S/C17H22N2O/c1-12-5-6-16(13(2)9-12)14(3)19-11-15-7-8-18-17(10-15)20-4/h5-10,14,19H,11H2,1-4H3. The van der Waals surface area contributed by atoms with Gasteiger partial charge in [0.25, 0.3) is 0 Å². The molecule has 2 aromatic rings. The van der Waals surface area contributed by atoms with Gasteiger partial charge in [0.2, 0.25) is 5.88 Å². The fourth-order valence-corrected chi connectivity index (χ4v) is 2.36. The second kappa shape index (κ2) is 6.53. The molecule has 0 amide bonds. The summed E-state index contributed by atoms with van der Waals surface area (Å²) in [4.78, 5) is 4.12. The van der Waals surface area contributed by atoms with Crippen LogP contribution < -0.4 is 10.1 Å². The average Bonchev–Trinajstić information content (AvgIpc) is 2.45. The van der Waals surface area contributed by atoms with Crippen molar-refractivity contribution in [3.8, 4) is 5.88 Å². The third kappa shape index (κ3) is 3.58. The van der Waals surface area contributed by atoms with Crippen molar-refractivity contribution in [1.29, 1.82) is 0 Å². The van der Waals surface area contributed by atoms with Crippen LogP contribution in [0.5, 0.6) is 5.88 Å². The summed E-state index contributed by atoms with van der Waals surface area (Å²) >= 11 is 0. The van der Waals surface area contributed by atoms with Crippen LogP contribution in [0, 0.1) is 13.8 Å². The summed E-state index contributed by atoms with van der Waals surface area (Å²) in [7, 11) is 1.64. The van der Waals surface area contributed by atoms with E-state index in [9.17, 15) is 0 Å². The number of rotatable bonds is 5. The van der Waals surface area contributed by atoms with Gasteiger partial charge in [-0.1, -0.05) is 23.8 Å². The molecule has 0 radical (unpaired) electrons. The van der Waals surface area contributed by atoms with Crippen LogP contribution in [-0.2, 0) is 6.54 Å². The number of aryl methyl sites for hydroxylation is 2. The Morgan fingerprint density at radius 1 is 1.20 bits per heavy atom. The number of benzene rings is 1. The van der Waals surface area contributed by atoms with E-state index in [1.165, 1.54) is 22.3 Å². The van der Waals surface area contributed by atoms with E-state index in [1.807, 2.05) is 12.1 Å². The first-order chi connectivity index (χ1) is 9.60. The predicted octanol–water partition coefficient (Wildman–Crippen LogP) is 3.56. The van der Waals surface area contributed by atoms with Gasteiger partial charge in [-0.2, -0.15) is 0 Å². The van der Waals surface area contributed by atoms with Gasteiger partial charge < -0.3 is 10.1 Å². The third-order valence-corrected chi connectivity index (χ3v) is 3.51. The van der Waals surface area contributed by atoms with E-state index in [0.717, 1.165) is 6.54 Å². The summed E-state index contributed by atoms with van der Waals surface area (Å²) in [5.74, 6) is 0.656. The first-order valence-electron chi connectivity index (χ1n) is 6.89. The van der Waals surface area contributed by atoms with Crippen molar-refractivity contribution >= 4 is 0 Å². The molecular weight excluding hydrogens is 248 g/mol. The molecular formula is C17H22N2O. The van der Waals surface area contributed by atoms with Crippen LogP contribution in [0.1, 0.15) is 35.2 Å². The fourth-order valence-electron chi connectivity index (χ4n) is 2.36. The van der Waals surface area contributed by atoms with Crippen molar-refractivity contribution in [1.82, 2.24) is 10.3 Å². The lowest BCUT2D eigenvalue weighted by atomic mass is 10.00. The van der Waals surface area contributed by atoms with E-state index >= 15 is 0 Å². The first kappa shape index (κ1) is 14.5. The molecule has 1 aromatic heterocycles. The third-order valence-electron chi connectivity index (χ3n) is 3.51. The number of methoxy groups -OCH3 is 1. The monoisotopic (exact) mass is 270 g/mol. The molecule has 0 saturated carbocycles. The van der Waals surface area contributed by atoms with Gasteiger partial charge in [-0.05, 0) is 43.5 Å². The van der Waals surface area contributed by atoms with Crippen LogP contribution in [0.3, 0.4) is 0 Å². The molecule has 3 heteroatoms. The quantitative estimate of drug-likeness (QED) is 0.902. The van der Waals surface area contributed by atoms with Gasteiger partial charge >= 0.3 is 0 Å². The normalized spacial score (nSPS) is 12.2. The summed E-state index contributed by atoms with van der Waals surface area (Å²) in [6.07, 6.45) is 1.78. The molecule has 0 spiro atoms. The minimum atomic E-state index is 0.315. The molecule has 0 aliphatic rings. The lowest BCUT2D eigenvalue weighted by Crippen LogP contribution is -2.19. The summed E-state index contributed by atoms with van der Waals surface area (Å²) in [6.45, 7) is 7.28. The molecule has 1 N–H and O–H groups in total.